The van der Waals surface area contributed by atoms with Gasteiger partial charge in [-0.3, -0.25) is 14.7 Å². The van der Waals surface area contributed by atoms with Gasteiger partial charge in [0.15, 0.2) is 0 Å². The Morgan fingerprint density at radius 1 is 1.11 bits per heavy atom. The number of hydrogen-bond donors (Lipinski definition) is 1. The monoisotopic (exact) mass is 534 g/mol. The van der Waals surface area contributed by atoms with Gasteiger partial charge in [0.2, 0.25) is 0 Å². The minimum atomic E-state index is -4.47. The Balaban J connectivity index is 1.33. The van der Waals surface area contributed by atoms with Gasteiger partial charge in [-0.1, -0.05) is 6.07 Å². The summed E-state index contributed by atoms with van der Waals surface area (Å²) in [7, 11) is 1.69. The van der Waals surface area contributed by atoms with Crippen molar-refractivity contribution in [2.45, 2.75) is 57.9 Å². The molecule has 0 aliphatic carbocycles. The number of methoxy groups -OCH3 is 1. The van der Waals surface area contributed by atoms with E-state index in [2.05, 4.69) is 42.0 Å². The topological polar surface area (TPSA) is 66.9 Å². The van der Waals surface area contributed by atoms with Crippen molar-refractivity contribution in [1.29, 1.82) is 0 Å². The number of aromatic nitrogens is 1. The lowest BCUT2D eigenvalue weighted by Gasteiger charge is -2.38. The lowest BCUT2D eigenvalue weighted by atomic mass is 9.96. The fourth-order valence-electron chi connectivity index (χ4n) is 5.54. The minimum absolute atomic E-state index is 0.0283. The number of nitrogens with zero attached hydrogens (tertiary/aromatic N) is 3. The Morgan fingerprint density at radius 3 is 2.53 bits per heavy atom. The molecule has 3 heterocycles. The number of ether oxygens (including phenoxy) is 2. The molecule has 3 atom stereocenters. The Bertz CT molecular complexity index is 1110. The van der Waals surface area contributed by atoms with Crippen LogP contribution >= 0.6 is 0 Å². The number of likely N-dealkylation sites (tertiary alicyclic amines) is 2. The molecule has 7 nitrogen and oxygen atoms in total. The molecule has 2 fully saturated rings. The highest BCUT2D eigenvalue weighted by atomic mass is 19.4. The summed E-state index contributed by atoms with van der Waals surface area (Å²) < 4.78 is 49.6. The number of halogens is 3. The van der Waals surface area contributed by atoms with Crippen LogP contribution < -0.4 is 10.1 Å². The molecule has 0 radical (unpaired) electrons. The maximum Gasteiger partial charge on any atom is 0.417 e. The van der Waals surface area contributed by atoms with Crippen LogP contribution in [0.1, 0.15) is 58.5 Å². The standard InChI is InChI=1S/C28H37F3N4O3/c1-18-19(2)26(38-12-5-10-32-11-13-37-4)9-7-24(18)20(3)34-16-23-14-22(34)17-35(23)27(36)25-8-6-21(15-33-25)28(29,30)31/h6-9,15,20,22-23,32H,5,10-14,16-17H2,1-4H3/t20-,22-,23-/m0/s1. The maximum absolute atomic E-state index is 13.0. The molecule has 10 heteroatoms. The lowest BCUT2D eigenvalue weighted by Crippen LogP contribution is -2.49. The SMILES string of the molecule is COCCNCCCOc1ccc([C@H](C)N2C[C@@H]3C[C@H]2CN3C(=O)c2ccc(C(F)(F)F)cn2)c(C)c1C. The van der Waals surface area contributed by atoms with Crippen LogP contribution in [0.25, 0.3) is 0 Å². The van der Waals surface area contributed by atoms with Gasteiger partial charge >= 0.3 is 6.18 Å². The van der Waals surface area contributed by atoms with Crippen LogP contribution in [-0.4, -0.2) is 79.3 Å². The number of piperazine rings is 1. The van der Waals surface area contributed by atoms with Crippen LogP contribution in [0.4, 0.5) is 13.2 Å². The van der Waals surface area contributed by atoms with E-state index in [1.165, 1.54) is 17.2 Å². The smallest absolute Gasteiger partial charge is 0.417 e. The Labute approximate surface area is 222 Å². The number of amides is 1. The summed E-state index contributed by atoms with van der Waals surface area (Å²) in [5, 5.41) is 3.31. The average Bonchev–Trinajstić information content (AvgIpc) is 3.51. The molecule has 2 aliphatic heterocycles. The molecular formula is C28H37F3N4O3. The lowest BCUT2D eigenvalue weighted by molar-refractivity contribution is -0.137. The molecule has 0 saturated carbocycles. The summed E-state index contributed by atoms with van der Waals surface area (Å²) >= 11 is 0. The molecule has 2 aliphatic rings. The number of nitrogens with one attached hydrogen (secondary N) is 1. The number of hydrogen-bond acceptors (Lipinski definition) is 6. The van der Waals surface area contributed by atoms with E-state index in [9.17, 15) is 18.0 Å². The van der Waals surface area contributed by atoms with E-state index in [1.54, 1.807) is 12.0 Å². The summed E-state index contributed by atoms with van der Waals surface area (Å²) in [5.74, 6) is 0.597. The zero-order valence-electron chi connectivity index (χ0n) is 22.5. The van der Waals surface area contributed by atoms with E-state index in [0.29, 0.717) is 19.8 Å². The first kappa shape index (κ1) is 28.3. The molecule has 1 amide bonds. The second-order valence-corrected chi connectivity index (χ2v) is 10.2. The van der Waals surface area contributed by atoms with E-state index in [-0.39, 0.29) is 29.7 Å². The molecule has 2 aromatic rings. The highest BCUT2D eigenvalue weighted by molar-refractivity contribution is 5.93. The number of fused-ring (bicyclic) bond motifs is 2. The molecule has 1 N–H and O–H groups in total. The number of carbonyl (C=O) groups is 1. The number of alkyl halides is 3. The second kappa shape index (κ2) is 12.0. The summed E-state index contributed by atoms with van der Waals surface area (Å²) in [6, 6.07) is 6.68. The molecule has 208 valence electrons. The largest absolute Gasteiger partial charge is 0.493 e. The van der Waals surface area contributed by atoms with Gasteiger partial charge < -0.3 is 19.7 Å². The zero-order chi connectivity index (χ0) is 27.4. The van der Waals surface area contributed by atoms with E-state index < -0.39 is 11.7 Å². The van der Waals surface area contributed by atoms with Crippen LogP contribution in [0.15, 0.2) is 30.5 Å². The Kier molecular flexibility index (Phi) is 8.95. The number of rotatable bonds is 11. The van der Waals surface area contributed by atoms with Gasteiger partial charge in [0, 0.05) is 51.1 Å². The van der Waals surface area contributed by atoms with Gasteiger partial charge in [0.05, 0.1) is 18.8 Å². The van der Waals surface area contributed by atoms with Gasteiger partial charge in [-0.25, -0.2) is 0 Å². The molecular weight excluding hydrogens is 497 g/mol. The third-order valence-electron chi connectivity index (χ3n) is 7.82. The predicted molar refractivity (Wildman–Crippen MR) is 138 cm³/mol. The molecule has 2 saturated heterocycles. The fourth-order valence-corrected chi connectivity index (χ4v) is 5.54. The number of carbonyl (C=O) groups excluding carboxylic acids is 1. The summed E-state index contributed by atoms with van der Waals surface area (Å²) in [6.07, 6.45) is -1.97. The molecule has 1 aromatic carbocycles. The molecule has 1 aromatic heterocycles. The summed E-state index contributed by atoms with van der Waals surface area (Å²) in [5.41, 5.74) is 2.78. The molecule has 38 heavy (non-hydrogen) atoms. The van der Waals surface area contributed by atoms with E-state index in [0.717, 1.165) is 56.1 Å². The second-order valence-electron chi connectivity index (χ2n) is 10.2. The van der Waals surface area contributed by atoms with Crippen LogP contribution in [0.3, 0.4) is 0 Å². The molecule has 0 spiro atoms. The minimum Gasteiger partial charge on any atom is -0.493 e. The van der Waals surface area contributed by atoms with Crippen LogP contribution in [0.5, 0.6) is 5.75 Å². The van der Waals surface area contributed by atoms with Gasteiger partial charge in [-0.15, -0.1) is 0 Å². The summed E-state index contributed by atoms with van der Waals surface area (Å²) in [4.78, 5) is 21.0. The van der Waals surface area contributed by atoms with Crippen molar-refractivity contribution >= 4 is 5.91 Å². The van der Waals surface area contributed by atoms with Crippen molar-refractivity contribution in [3.05, 3.63) is 58.4 Å². The maximum atomic E-state index is 13.0. The highest BCUT2D eigenvalue weighted by Crippen LogP contribution is 2.39. The first-order chi connectivity index (χ1) is 18.1. The van der Waals surface area contributed by atoms with Crippen molar-refractivity contribution in [1.82, 2.24) is 20.1 Å². The average molecular weight is 535 g/mol. The van der Waals surface area contributed by atoms with Gasteiger partial charge in [0.25, 0.3) is 5.91 Å². The van der Waals surface area contributed by atoms with E-state index >= 15 is 0 Å². The van der Waals surface area contributed by atoms with Gasteiger partial charge in [-0.05, 0) is 75.0 Å². The first-order valence-corrected chi connectivity index (χ1v) is 13.1. The van der Waals surface area contributed by atoms with Crippen molar-refractivity contribution in [3.63, 3.8) is 0 Å². The quantitative estimate of drug-likeness (QED) is 0.432. The first-order valence-electron chi connectivity index (χ1n) is 13.1. The third-order valence-corrected chi connectivity index (χ3v) is 7.82. The summed E-state index contributed by atoms with van der Waals surface area (Å²) in [6.45, 7) is 10.7. The number of pyridine rings is 1. The third kappa shape index (κ3) is 6.13. The van der Waals surface area contributed by atoms with Crippen LogP contribution in [0.2, 0.25) is 0 Å². The van der Waals surface area contributed by atoms with Crippen LogP contribution in [-0.2, 0) is 10.9 Å². The van der Waals surface area contributed by atoms with Crippen LogP contribution in [0, 0.1) is 13.8 Å². The Hall–Kier alpha value is -2.69. The van der Waals surface area contributed by atoms with Crippen molar-refractivity contribution in [3.8, 4) is 5.75 Å². The predicted octanol–water partition coefficient (Wildman–Crippen LogP) is 4.38. The van der Waals surface area contributed by atoms with Crippen molar-refractivity contribution in [2.24, 2.45) is 0 Å². The normalized spacial score (nSPS) is 20.2. The van der Waals surface area contributed by atoms with Gasteiger partial charge in [-0.2, -0.15) is 13.2 Å². The molecule has 2 bridgehead atoms. The number of benzene rings is 1. The van der Waals surface area contributed by atoms with E-state index in [1.807, 2.05) is 6.07 Å². The Morgan fingerprint density at radius 2 is 1.89 bits per heavy atom. The zero-order valence-corrected chi connectivity index (χ0v) is 22.5. The van der Waals surface area contributed by atoms with Crippen molar-refractivity contribution < 1.29 is 27.4 Å². The molecule has 4 rings (SSSR count). The van der Waals surface area contributed by atoms with Crippen molar-refractivity contribution in [2.75, 3.05) is 46.5 Å². The molecule has 0 unspecified atom stereocenters. The highest BCUT2D eigenvalue weighted by Gasteiger charge is 2.47. The van der Waals surface area contributed by atoms with Gasteiger partial charge in [0.1, 0.15) is 11.4 Å². The van der Waals surface area contributed by atoms with E-state index in [4.69, 9.17) is 9.47 Å². The fraction of sp³-hybridized carbons (Fsp3) is 0.571.